The average molecular weight is 564 g/mol. The molecular formula is C24H20Br2O6. The summed E-state index contributed by atoms with van der Waals surface area (Å²) in [5.74, 6) is 0.0684. The number of carbonyl (C=O) groups is 3. The number of Topliss-reactive ketones (excluding diaryl/α,β-unsaturated/α-hetero) is 1. The van der Waals surface area contributed by atoms with Gasteiger partial charge in [0.25, 0.3) is 0 Å². The fraction of sp³-hybridized carbons (Fsp3) is 0.875. The highest BCUT2D eigenvalue weighted by atomic mass is 79.9. The lowest BCUT2D eigenvalue weighted by Gasteiger charge is -2.54. The van der Waals surface area contributed by atoms with E-state index in [1.807, 2.05) is 0 Å². The summed E-state index contributed by atoms with van der Waals surface area (Å²) in [6.07, 6.45) is 0. The summed E-state index contributed by atoms with van der Waals surface area (Å²) >= 11 is 8.71. The fourth-order valence-electron chi connectivity index (χ4n) is 16.7. The molecule has 0 aromatic carbocycles. The van der Waals surface area contributed by atoms with Crippen molar-refractivity contribution in [2.24, 2.45) is 93.2 Å². The zero-order chi connectivity index (χ0) is 21.7. The maximum Gasteiger partial charge on any atom is 0.315 e. The van der Waals surface area contributed by atoms with Gasteiger partial charge < -0.3 is 14.6 Å². The van der Waals surface area contributed by atoms with E-state index >= 15 is 0 Å². The van der Waals surface area contributed by atoms with Gasteiger partial charge in [0.15, 0.2) is 0 Å². The summed E-state index contributed by atoms with van der Waals surface area (Å²) in [6.45, 7) is 0. The van der Waals surface area contributed by atoms with Crippen LogP contribution in [0.4, 0.5) is 0 Å². The van der Waals surface area contributed by atoms with Gasteiger partial charge in [-0.3, -0.25) is 14.4 Å². The minimum atomic E-state index is -1.13. The third-order valence-electron chi connectivity index (χ3n) is 14.8. The summed E-state index contributed by atoms with van der Waals surface area (Å²) < 4.78 is 10.0. The number of esters is 2. The number of carbonyl (C=O) groups excluding carboxylic acids is 3. The van der Waals surface area contributed by atoms with Crippen molar-refractivity contribution in [3.8, 4) is 0 Å². The van der Waals surface area contributed by atoms with Crippen LogP contribution >= 0.6 is 31.9 Å². The number of alkyl halides is 2. The second-order valence-corrected chi connectivity index (χ2v) is 15.8. The van der Waals surface area contributed by atoms with Gasteiger partial charge in [-0.05, 0) is 47.3 Å². The molecule has 6 nitrogen and oxygen atoms in total. The molecule has 12 aliphatic carbocycles. The number of methoxy groups -OCH3 is 2. The van der Waals surface area contributed by atoms with Crippen LogP contribution in [0.3, 0.4) is 0 Å². The Kier molecular flexibility index (Phi) is 1.94. The van der Waals surface area contributed by atoms with Gasteiger partial charge in [0.1, 0.15) is 11.2 Å². The SMILES string of the molecule is COC(=O)C1C2C3C4C5C6(Br)C7C8C9C%10C7(O)C5(C(=O)OC)C3C%10(Br)C23C9C(=O)C8C63C14. The van der Waals surface area contributed by atoms with E-state index in [1.54, 1.807) is 0 Å². The second-order valence-electron chi connectivity index (χ2n) is 13.1. The minimum absolute atomic E-state index is 0.0663. The molecule has 12 rings (SSSR count). The average Bonchev–Trinajstić information content (AvgIpc) is 3.58. The van der Waals surface area contributed by atoms with Crippen LogP contribution in [0.1, 0.15) is 0 Å². The monoisotopic (exact) mass is 562 g/mol. The van der Waals surface area contributed by atoms with Gasteiger partial charge in [-0.25, -0.2) is 0 Å². The molecule has 16 unspecified atom stereocenters. The molecule has 0 aliphatic heterocycles. The van der Waals surface area contributed by atoms with Gasteiger partial charge in [-0.1, -0.05) is 31.9 Å². The van der Waals surface area contributed by atoms with Crippen molar-refractivity contribution in [2.75, 3.05) is 14.2 Å². The largest absolute Gasteiger partial charge is 0.469 e. The predicted octanol–water partition coefficient (Wildman–Crippen LogP) is 1.02. The second kappa shape index (κ2) is 3.64. The normalized spacial score (nSPS) is 83.3. The topological polar surface area (TPSA) is 89.9 Å². The Morgan fingerprint density at radius 2 is 1.34 bits per heavy atom. The maximum absolute atomic E-state index is 14.1. The van der Waals surface area contributed by atoms with Crippen molar-refractivity contribution >= 4 is 49.6 Å². The zero-order valence-corrected chi connectivity index (χ0v) is 20.4. The molecule has 0 heterocycles. The molecule has 0 saturated heterocycles. The van der Waals surface area contributed by atoms with Gasteiger partial charge in [0, 0.05) is 43.2 Å². The van der Waals surface area contributed by atoms with Gasteiger partial charge >= 0.3 is 11.9 Å². The van der Waals surface area contributed by atoms with Crippen LogP contribution in [-0.4, -0.2) is 51.3 Å². The van der Waals surface area contributed by atoms with Gasteiger partial charge in [-0.2, -0.15) is 0 Å². The number of ketones is 1. The Morgan fingerprint density at radius 3 is 1.78 bits per heavy atom. The van der Waals surface area contributed by atoms with Crippen LogP contribution < -0.4 is 0 Å². The van der Waals surface area contributed by atoms with Gasteiger partial charge in [0.05, 0.1) is 25.7 Å². The van der Waals surface area contributed by atoms with Crippen molar-refractivity contribution in [1.29, 1.82) is 0 Å². The van der Waals surface area contributed by atoms with Crippen molar-refractivity contribution in [2.45, 2.75) is 14.2 Å². The Labute approximate surface area is 199 Å². The highest BCUT2D eigenvalue weighted by Gasteiger charge is 3.21. The molecule has 0 aromatic heterocycles. The molecule has 2 spiro atoms. The van der Waals surface area contributed by atoms with E-state index in [1.165, 1.54) is 14.2 Å². The first-order chi connectivity index (χ1) is 15.2. The summed E-state index contributed by atoms with van der Waals surface area (Å²) in [4.78, 5) is 41.4. The lowest BCUT2D eigenvalue weighted by Crippen LogP contribution is -2.57. The van der Waals surface area contributed by atoms with E-state index in [4.69, 9.17) is 9.47 Å². The van der Waals surface area contributed by atoms with Crippen molar-refractivity contribution in [1.82, 2.24) is 0 Å². The summed E-state index contributed by atoms with van der Waals surface area (Å²) in [7, 11) is 2.95. The molecule has 1 N–H and O–H groups in total. The van der Waals surface area contributed by atoms with Gasteiger partial charge in [-0.15, -0.1) is 0 Å². The standard InChI is InChI=1S/C24H20Br2O6/c1-31-17(28)7-8-3-4-9(7)21-11-6-5-10(12(11)27)20(8,21)22(25)13(3)19(18(29)32-2)14(4)23(21,26)16(6)24(19,30)15(5)22/h3-11,13-16,30H,1-2H3. The highest BCUT2D eigenvalue weighted by Crippen LogP contribution is 3.16. The third kappa shape index (κ3) is 0.763. The molecule has 12 aliphatic rings. The number of aliphatic hydroxyl groups is 1. The molecule has 12 saturated carbocycles. The number of hydrogen-bond donors (Lipinski definition) is 1. The van der Waals surface area contributed by atoms with Crippen molar-refractivity contribution in [3.63, 3.8) is 0 Å². The molecule has 0 amide bonds. The number of hydrogen-bond acceptors (Lipinski definition) is 6. The molecule has 8 heteroatoms. The molecule has 0 radical (unpaired) electrons. The highest BCUT2D eigenvalue weighted by molar-refractivity contribution is 9.10. The Morgan fingerprint density at radius 1 is 0.844 bits per heavy atom. The van der Waals surface area contributed by atoms with Crippen LogP contribution in [0.25, 0.3) is 0 Å². The van der Waals surface area contributed by atoms with E-state index in [2.05, 4.69) is 31.9 Å². The first kappa shape index (κ1) is 17.0. The van der Waals surface area contributed by atoms with Crippen molar-refractivity contribution < 1.29 is 29.0 Å². The molecule has 12 fully saturated rings. The summed E-state index contributed by atoms with van der Waals surface area (Å²) in [6, 6.07) is 0. The Bertz CT molecular complexity index is 1190. The van der Waals surface area contributed by atoms with Crippen LogP contribution in [0.2, 0.25) is 0 Å². The van der Waals surface area contributed by atoms with Crippen LogP contribution in [-0.2, 0) is 23.9 Å². The molecule has 4 bridgehead atoms. The Hall–Kier alpha value is -0.470. The van der Waals surface area contributed by atoms with E-state index < -0.39 is 19.7 Å². The quantitative estimate of drug-likeness (QED) is 0.398. The minimum Gasteiger partial charge on any atom is -0.469 e. The first-order valence-electron chi connectivity index (χ1n) is 12.0. The van der Waals surface area contributed by atoms with Crippen LogP contribution in [0, 0.1) is 93.2 Å². The maximum atomic E-state index is 14.1. The fourth-order valence-corrected chi connectivity index (χ4v) is 21.0. The molecule has 166 valence electrons. The van der Waals surface area contributed by atoms with E-state index in [9.17, 15) is 19.5 Å². The van der Waals surface area contributed by atoms with Crippen LogP contribution in [0.15, 0.2) is 0 Å². The van der Waals surface area contributed by atoms with Crippen LogP contribution in [0.5, 0.6) is 0 Å². The number of ether oxygens (including phenoxy) is 2. The molecule has 0 aromatic rings. The van der Waals surface area contributed by atoms with Crippen molar-refractivity contribution in [3.05, 3.63) is 0 Å². The lowest BCUT2D eigenvalue weighted by atomic mass is 9.51. The summed E-state index contributed by atoms with van der Waals surface area (Å²) in [5, 5.41) is 12.9. The third-order valence-corrected chi connectivity index (χ3v) is 18.1. The van der Waals surface area contributed by atoms with E-state index in [0.717, 1.165) is 0 Å². The van der Waals surface area contributed by atoms with E-state index in [-0.39, 0.29) is 99.7 Å². The predicted molar refractivity (Wildman–Crippen MR) is 110 cm³/mol. The number of rotatable bonds is 2. The zero-order valence-electron chi connectivity index (χ0n) is 17.2. The van der Waals surface area contributed by atoms with E-state index in [0.29, 0.717) is 5.78 Å². The molecular weight excluding hydrogens is 544 g/mol. The first-order valence-corrected chi connectivity index (χ1v) is 13.6. The Balaban J connectivity index is 1.42. The lowest BCUT2D eigenvalue weighted by molar-refractivity contribution is -0.177. The molecule has 16 atom stereocenters. The smallest absolute Gasteiger partial charge is 0.315 e. The summed E-state index contributed by atoms with van der Waals surface area (Å²) in [5.41, 5.74) is -2.77. The van der Waals surface area contributed by atoms with Gasteiger partial charge in [0.2, 0.25) is 0 Å². The molecule has 32 heavy (non-hydrogen) atoms. The number of halogens is 2.